The van der Waals surface area contributed by atoms with Crippen LogP contribution >= 0.6 is 22.9 Å². The zero-order valence-electron chi connectivity index (χ0n) is 12.1. The third-order valence-electron chi connectivity index (χ3n) is 3.36. The maximum Gasteiger partial charge on any atom is 0.127 e. The molecule has 0 aliphatic rings. The molecule has 0 spiro atoms. The largest absolute Gasteiger partial charge is 0.370 e. The van der Waals surface area contributed by atoms with Crippen LogP contribution in [0.25, 0.3) is 10.2 Å². The molecule has 0 aliphatic carbocycles. The fraction of sp³-hybridized carbons (Fsp3) is 0.333. The first kappa shape index (κ1) is 14.4. The molecule has 0 bridgehead atoms. The summed E-state index contributed by atoms with van der Waals surface area (Å²) in [6.45, 7) is 4.98. The highest BCUT2D eigenvalue weighted by molar-refractivity contribution is 7.24. The van der Waals surface area contributed by atoms with Crippen molar-refractivity contribution in [1.29, 1.82) is 0 Å². The van der Waals surface area contributed by atoms with Gasteiger partial charge in [0, 0.05) is 29.9 Å². The van der Waals surface area contributed by atoms with E-state index in [9.17, 15) is 0 Å². The highest BCUT2D eigenvalue weighted by atomic mass is 32.1. The standard InChI is InChI=1S/C15H18N4S2/c1-9(16)7-12-10(2)13-14(20-12)15(21-19-13)18-8-11-3-5-17-6-4-11/h3-6,9,18H,7-8,16H2,1-2H3/t9-/m0/s1. The third kappa shape index (κ3) is 3.07. The van der Waals surface area contributed by atoms with Crippen molar-refractivity contribution >= 4 is 38.1 Å². The lowest BCUT2D eigenvalue weighted by atomic mass is 10.1. The van der Waals surface area contributed by atoms with Gasteiger partial charge in [-0.05, 0) is 55.1 Å². The summed E-state index contributed by atoms with van der Waals surface area (Å²) in [6, 6.07) is 4.22. The van der Waals surface area contributed by atoms with E-state index >= 15 is 0 Å². The molecular weight excluding hydrogens is 300 g/mol. The molecule has 1 atom stereocenters. The second-order valence-electron chi connectivity index (χ2n) is 5.23. The summed E-state index contributed by atoms with van der Waals surface area (Å²) in [5, 5.41) is 4.63. The summed E-state index contributed by atoms with van der Waals surface area (Å²) in [5.74, 6) is 0. The van der Waals surface area contributed by atoms with Crippen molar-refractivity contribution in [2.75, 3.05) is 5.32 Å². The molecular formula is C15H18N4S2. The molecule has 3 aromatic rings. The Bertz CT molecular complexity index is 731. The number of rotatable bonds is 5. The quantitative estimate of drug-likeness (QED) is 0.755. The monoisotopic (exact) mass is 318 g/mol. The van der Waals surface area contributed by atoms with Crippen LogP contribution in [0.3, 0.4) is 0 Å². The molecule has 3 heterocycles. The summed E-state index contributed by atoms with van der Waals surface area (Å²) in [7, 11) is 0. The molecule has 0 radical (unpaired) electrons. The van der Waals surface area contributed by atoms with Crippen molar-refractivity contribution in [2.24, 2.45) is 5.73 Å². The number of nitrogens with zero attached hydrogens (tertiary/aromatic N) is 2. The van der Waals surface area contributed by atoms with Gasteiger partial charge >= 0.3 is 0 Å². The van der Waals surface area contributed by atoms with Crippen LogP contribution in [-0.4, -0.2) is 15.4 Å². The fourth-order valence-corrected chi connectivity index (χ4v) is 4.55. The van der Waals surface area contributed by atoms with Gasteiger partial charge in [0.2, 0.25) is 0 Å². The molecule has 110 valence electrons. The minimum atomic E-state index is 0.184. The van der Waals surface area contributed by atoms with Crippen molar-refractivity contribution in [1.82, 2.24) is 9.36 Å². The van der Waals surface area contributed by atoms with Gasteiger partial charge in [-0.15, -0.1) is 11.3 Å². The van der Waals surface area contributed by atoms with Crippen LogP contribution in [0.2, 0.25) is 0 Å². The number of hydrogen-bond acceptors (Lipinski definition) is 6. The lowest BCUT2D eigenvalue weighted by Crippen LogP contribution is -2.17. The van der Waals surface area contributed by atoms with E-state index in [0.717, 1.165) is 23.5 Å². The number of pyridine rings is 1. The van der Waals surface area contributed by atoms with Gasteiger partial charge in [-0.25, -0.2) is 0 Å². The summed E-state index contributed by atoms with van der Waals surface area (Å²) in [5.41, 5.74) is 9.54. The average Bonchev–Trinajstić information content (AvgIpc) is 2.99. The van der Waals surface area contributed by atoms with Gasteiger partial charge in [-0.2, -0.15) is 4.37 Å². The Morgan fingerprint density at radius 3 is 2.81 bits per heavy atom. The Morgan fingerprint density at radius 1 is 1.33 bits per heavy atom. The zero-order valence-corrected chi connectivity index (χ0v) is 13.7. The molecule has 3 N–H and O–H groups in total. The minimum Gasteiger partial charge on any atom is -0.370 e. The third-order valence-corrected chi connectivity index (χ3v) is 5.61. The number of fused-ring (bicyclic) bond motifs is 1. The molecule has 21 heavy (non-hydrogen) atoms. The number of aromatic nitrogens is 2. The summed E-state index contributed by atoms with van der Waals surface area (Å²) >= 11 is 3.35. The normalized spacial score (nSPS) is 12.7. The Labute approximate surface area is 132 Å². The van der Waals surface area contributed by atoms with E-state index < -0.39 is 0 Å². The first-order chi connectivity index (χ1) is 10.1. The molecule has 3 aromatic heterocycles. The molecule has 0 aromatic carbocycles. The first-order valence-corrected chi connectivity index (χ1v) is 8.50. The predicted molar refractivity (Wildman–Crippen MR) is 91.2 cm³/mol. The fourth-order valence-electron chi connectivity index (χ4n) is 2.23. The number of nitrogens with one attached hydrogen (secondary N) is 1. The molecule has 0 fully saturated rings. The van der Waals surface area contributed by atoms with Crippen molar-refractivity contribution in [3.05, 3.63) is 40.5 Å². The molecule has 0 saturated carbocycles. The molecule has 0 unspecified atom stereocenters. The van der Waals surface area contributed by atoms with Crippen LogP contribution in [0.5, 0.6) is 0 Å². The summed E-state index contributed by atoms with van der Waals surface area (Å²) in [6.07, 6.45) is 4.55. The van der Waals surface area contributed by atoms with Crippen molar-refractivity contribution in [3.63, 3.8) is 0 Å². The predicted octanol–water partition coefficient (Wildman–Crippen LogP) is 3.56. The highest BCUT2D eigenvalue weighted by Gasteiger charge is 2.16. The number of aryl methyl sites for hydroxylation is 1. The first-order valence-electron chi connectivity index (χ1n) is 6.91. The Morgan fingerprint density at radius 2 is 2.10 bits per heavy atom. The SMILES string of the molecule is Cc1c(C[C@H](C)N)sc2c(NCc3ccncc3)snc12. The number of thiophene rings is 1. The van der Waals surface area contributed by atoms with Gasteiger partial charge in [-0.1, -0.05) is 0 Å². The molecule has 0 amide bonds. The Hall–Kier alpha value is -1.50. The Balaban J connectivity index is 1.83. The molecule has 6 heteroatoms. The van der Waals surface area contributed by atoms with Crippen LogP contribution in [-0.2, 0) is 13.0 Å². The van der Waals surface area contributed by atoms with Crippen LogP contribution in [0.1, 0.15) is 22.9 Å². The molecule has 0 saturated heterocycles. The van der Waals surface area contributed by atoms with Crippen LogP contribution in [0.15, 0.2) is 24.5 Å². The van der Waals surface area contributed by atoms with Crippen molar-refractivity contribution < 1.29 is 0 Å². The topological polar surface area (TPSA) is 63.8 Å². The van der Waals surface area contributed by atoms with E-state index in [-0.39, 0.29) is 6.04 Å². The van der Waals surface area contributed by atoms with Crippen molar-refractivity contribution in [2.45, 2.75) is 32.9 Å². The van der Waals surface area contributed by atoms with Gasteiger partial charge in [0.25, 0.3) is 0 Å². The van der Waals surface area contributed by atoms with Crippen LogP contribution in [0, 0.1) is 6.92 Å². The van der Waals surface area contributed by atoms with Crippen molar-refractivity contribution in [3.8, 4) is 0 Å². The van der Waals surface area contributed by atoms with Crippen LogP contribution in [0.4, 0.5) is 5.00 Å². The Kier molecular flexibility index (Phi) is 4.19. The maximum atomic E-state index is 5.92. The summed E-state index contributed by atoms with van der Waals surface area (Å²) < 4.78 is 5.85. The lowest BCUT2D eigenvalue weighted by Gasteiger charge is -2.03. The molecule has 4 nitrogen and oxygen atoms in total. The zero-order chi connectivity index (χ0) is 14.8. The van der Waals surface area contributed by atoms with E-state index in [1.807, 2.05) is 42.8 Å². The van der Waals surface area contributed by atoms with E-state index in [2.05, 4.69) is 21.6 Å². The number of anilines is 1. The van der Waals surface area contributed by atoms with Crippen LogP contribution < -0.4 is 11.1 Å². The summed E-state index contributed by atoms with van der Waals surface area (Å²) in [4.78, 5) is 5.38. The maximum absolute atomic E-state index is 5.92. The number of hydrogen-bond donors (Lipinski definition) is 2. The van der Waals surface area contributed by atoms with Gasteiger partial charge in [0.05, 0.1) is 4.70 Å². The van der Waals surface area contributed by atoms with E-state index in [0.29, 0.717) is 0 Å². The average molecular weight is 318 g/mol. The van der Waals surface area contributed by atoms with E-state index in [1.54, 1.807) is 0 Å². The lowest BCUT2D eigenvalue weighted by molar-refractivity contribution is 0.744. The van der Waals surface area contributed by atoms with Gasteiger partial charge in [0.1, 0.15) is 10.5 Å². The minimum absolute atomic E-state index is 0.184. The second-order valence-corrected chi connectivity index (χ2v) is 7.11. The highest BCUT2D eigenvalue weighted by Crippen LogP contribution is 2.38. The molecule has 3 rings (SSSR count). The van der Waals surface area contributed by atoms with Gasteiger partial charge in [0.15, 0.2) is 0 Å². The molecule has 0 aliphatic heterocycles. The van der Waals surface area contributed by atoms with Gasteiger partial charge in [-0.3, -0.25) is 4.98 Å². The number of nitrogens with two attached hydrogens (primary N) is 1. The van der Waals surface area contributed by atoms with E-state index in [4.69, 9.17) is 5.73 Å². The van der Waals surface area contributed by atoms with Gasteiger partial charge < -0.3 is 11.1 Å². The second kappa shape index (κ2) is 6.09. The van der Waals surface area contributed by atoms with E-state index in [1.165, 1.54) is 32.2 Å². The smallest absolute Gasteiger partial charge is 0.127 e.